The van der Waals surface area contributed by atoms with E-state index in [1.165, 1.54) is 24.1 Å². The minimum absolute atomic E-state index is 0.0437. The molecule has 1 atom stereocenters. The van der Waals surface area contributed by atoms with Crippen LogP contribution in [-0.2, 0) is 23.9 Å². The summed E-state index contributed by atoms with van der Waals surface area (Å²) in [4.78, 5) is 37.2. The highest BCUT2D eigenvalue weighted by atomic mass is 35.5. The molecule has 196 valence electrons. The van der Waals surface area contributed by atoms with Crippen molar-refractivity contribution in [1.82, 2.24) is 14.6 Å². The Bertz CT molecular complexity index is 1330. The number of ether oxygens (including phenoxy) is 1. The van der Waals surface area contributed by atoms with Crippen LogP contribution >= 0.6 is 11.6 Å². The van der Waals surface area contributed by atoms with E-state index < -0.39 is 23.3 Å². The summed E-state index contributed by atoms with van der Waals surface area (Å²) in [5.74, 6) is 0.322. The van der Waals surface area contributed by atoms with Crippen molar-refractivity contribution >= 4 is 23.5 Å². The predicted molar refractivity (Wildman–Crippen MR) is 131 cm³/mol. The zero-order valence-corrected chi connectivity index (χ0v) is 20.8. The van der Waals surface area contributed by atoms with E-state index in [1.54, 1.807) is 31.2 Å². The summed E-state index contributed by atoms with van der Waals surface area (Å²) in [5.41, 5.74) is 0.177. The fourth-order valence-corrected chi connectivity index (χ4v) is 4.06. The van der Waals surface area contributed by atoms with Gasteiger partial charge in [-0.25, -0.2) is 4.98 Å². The summed E-state index contributed by atoms with van der Waals surface area (Å²) < 4.78 is 45.1. The van der Waals surface area contributed by atoms with Gasteiger partial charge in [-0.15, -0.1) is 4.73 Å². The fourth-order valence-electron chi connectivity index (χ4n) is 3.94. The maximum Gasteiger partial charge on any atom is 0.416 e. The van der Waals surface area contributed by atoms with Crippen LogP contribution in [-0.4, -0.2) is 40.8 Å². The van der Waals surface area contributed by atoms with Crippen molar-refractivity contribution in [1.29, 1.82) is 0 Å². The second kappa shape index (κ2) is 10.7. The number of nitrogens with one attached hydrogen (secondary N) is 1. The lowest BCUT2D eigenvalue weighted by atomic mass is 10.1. The van der Waals surface area contributed by atoms with Gasteiger partial charge in [-0.05, 0) is 48.9 Å². The van der Waals surface area contributed by atoms with Crippen LogP contribution in [0.25, 0.3) is 0 Å². The highest BCUT2D eigenvalue weighted by molar-refractivity contribution is 6.30. The molecule has 1 aliphatic heterocycles. The highest BCUT2D eigenvalue weighted by Gasteiger charge is 2.30. The van der Waals surface area contributed by atoms with Gasteiger partial charge in [0, 0.05) is 18.0 Å². The van der Waals surface area contributed by atoms with E-state index in [-0.39, 0.29) is 25.0 Å². The van der Waals surface area contributed by atoms with Crippen LogP contribution in [0.15, 0.2) is 53.3 Å². The summed E-state index contributed by atoms with van der Waals surface area (Å²) in [7, 11) is 1.30. The number of aromatic nitrogens is 2. The summed E-state index contributed by atoms with van der Waals surface area (Å²) in [6.07, 6.45) is -4.09. The van der Waals surface area contributed by atoms with Crippen molar-refractivity contribution < 1.29 is 27.5 Å². The second-order valence-electron chi connectivity index (χ2n) is 8.44. The molecular formula is C25H24ClF3N4O4. The zero-order valence-electron chi connectivity index (χ0n) is 20.0. The largest absolute Gasteiger partial charge is 0.484 e. The van der Waals surface area contributed by atoms with Crippen molar-refractivity contribution in [2.45, 2.75) is 32.1 Å². The summed E-state index contributed by atoms with van der Waals surface area (Å²) in [5, 5.41) is 3.59. The maximum absolute atomic E-state index is 13.2. The molecule has 1 unspecified atom stereocenters. The first-order valence-corrected chi connectivity index (χ1v) is 11.7. The maximum atomic E-state index is 13.2. The smallest absolute Gasteiger partial charge is 0.416 e. The van der Waals surface area contributed by atoms with Crippen molar-refractivity contribution in [3.63, 3.8) is 0 Å². The van der Waals surface area contributed by atoms with Gasteiger partial charge in [0.25, 0.3) is 11.5 Å². The number of carbonyl (C=O) groups is 1. The molecule has 12 heteroatoms. The van der Waals surface area contributed by atoms with Gasteiger partial charge >= 0.3 is 6.18 Å². The van der Waals surface area contributed by atoms with Gasteiger partial charge in [0.15, 0.2) is 6.61 Å². The molecular weight excluding hydrogens is 513 g/mol. The van der Waals surface area contributed by atoms with E-state index in [4.69, 9.17) is 21.2 Å². The molecule has 0 spiro atoms. The van der Waals surface area contributed by atoms with Crippen LogP contribution in [0.5, 0.6) is 5.75 Å². The topological polar surface area (TPSA) is 85.7 Å². The third-order valence-electron chi connectivity index (χ3n) is 5.99. The van der Waals surface area contributed by atoms with Crippen LogP contribution in [0.2, 0.25) is 5.02 Å². The normalized spacial score (nSPS) is 14.1. The molecule has 4 rings (SSSR count). The quantitative estimate of drug-likeness (QED) is 0.489. The van der Waals surface area contributed by atoms with Crippen molar-refractivity contribution in [3.05, 3.63) is 86.3 Å². The molecule has 3 aromatic rings. The van der Waals surface area contributed by atoms with Gasteiger partial charge in [-0.2, -0.15) is 13.2 Å². The summed E-state index contributed by atoms with van der Waals surface area (Å²) >= 11 is 5.85. The average molecular weight is 537 g/mol. The summed E-state index contributed by atoms with van der Waals surface area (Å²) in [6, 6.07) is 10.9. The van der Waals surface area contributed by atoms with Crippen LogP contribution in [0.4, 0.5) is 19.1 Å². The number of rotatable bonds is 7. The average Bonchev–Trinajstić information content (AvgIpc) is 2.88. The standard InChI is InChI=1S/C25H24ClF3N4O4/c1-15(16-3-5-17(6-4-16)25(27,28)29)30-24-31-21-11-12-32(13-20(21)23(35)33(24)36-2)22(34)14-37-19-9-7-18(26)8-10-19/h3-10,15H,11-14H2,1-2H3,(H,30,31). The number of hydrogen-bond acceptors (Lipinski definition) is 6. The lowest BCUT2D eigenvalue weighted by molar-refractivity contribution is -0.137. The van der Waals surface area contributed by atoms with E-state index in [0.717, 1.165) is 16.9 Å². The number of hydrogen-bond donors (Lipinski definition) is 1. The fraction of sp³-hybridized carbons (Fsp3) is 0.320. The molecule has 0 fully saturated rings. The molecule has 8 nitrogen and oxygen atoms in total. The lowest BCUT2D eigenvalue weighted by Crippen LogP contribution is -2.44. The number of halogens is 4. The van der Waals surface area contributed by atoms with E-state index in [1.807, 2.05) is 0 Å². The molecule has 2 heterocycles. The number of amides is 1. The minimum atomic E-state index is -4.43. The van der Waals surface area contributed by atoms with Gasteiger partial charge < -0.3 is 19.8 Å². The Labute approximate surface area is 215 Å². The SMILES string of the molecule is COn1c(NC(C)c2ccc(C(F)(F)F)cc2)nc2c(c1=O)CN(C(=O)COc1ccc(Cl)cc1)CC2. The predicted octanol–water partition coefficient (Wildman–Crippen LogP) is 4.11. The number of carbonyl (C=O) groups excluding carboxylic acids is 1. The monoisotopic (exact) mass is 536 g/mol. The molecule has 1 amide bonds. The first-order valence-electron chi connectivity index (χ1n) is 11.4. The molecule has 2 aromatic carbocycles. The van der Waals surface area contributed by atoms with Crippen molar-refractivity contribution in [2.24, 2.45) is 0 Å². The number of nitrogens with zero attached hydrogens (tertiary/aromatic N) is 3. The minimum Gasteiger partial charge on any atom is -0.484 e. The van der Waals surface area contributed by atoms with Gasteiger partial charge in [0.05, 0.1) is 29.4 Å². The van der Waals surface area contributed by atoms with E-state index >= 15 is 0 Å². The second-order valence-corrected chi connectivity index (χ2v) is 8.87. The molecule has 0 aliphatic carbocycles. The van der Waals surface area contributed by atoms with Crippen molar-refractivity contribution in [3.8, 4) is 5.75 Å². The number of fused-ring (bicyclic) bond motifs is 1. The molecule has 0 radical (unpaired) electrons. The molecule has 0 bridgehead atoms. The summed E-state index contributed by atoms with van der Waals surface area (Å²) in [6.45, 7) is 1.91. The Balaban J connectivity index is 1.47. The van der Waals surface area contributed by atoms with E-state index in [9.17, 15) is 22.8 Å². The Kier molecular flexibility index (Phi) is 7.63. The third-order valence-corrected chi connectivity index (χ3v) is 6.24. The molecule has 1 aromatic heterocycles. The van der Waals surface area contributed by atoms with Crippen LogP contribution in [0, 0.1) is 0 Å². The Morgan fingerprint density at radius 3 is 2.46 bits per heavy atom. The molecule has 1 N–H and O–H groups in total. The van der Waals surface area contributed by atoms with Gasteiger partial charge in [0.1, 0.15) is 12.9 Å². The highest BCUT2D eigenvalue weighted by Crippen LogP contribution is 2.30. The first kappa shape index (κ1) is 26.3. The Morgan fingerprint density at radius 2 is 1.84 bits per heavy atom. The zero-order chi connectivity index (χ0) is 26.7. The Morgan fingerprint density at radius 1 is 1.16 bits per heavy atom. The third kappa shape index (κ3) is 5.99. The van der Waals surface area contributed by atoms with Gasteiger partial charge in [0.2, 0.25) is 5.95 Å². The Hall–Kier alpha value is -3.73. The van der Waals surface area contributed by atoms with Crippen LogP contribution in [0.1, 0.15) is 35.3 Å². The van der Waals surface area contributed by atoms with Crippen LogP contribution in [0.3, 0.4) is 0 Å². The molecule has 1 aliphatic rings. The molecule has 37 heavy (non-hydrogen) atoms. The van der Waals surface area contributed by atoms with Gasteiger partial charge in [-0.1, -0.05) is 23.7 Å². The van der Waals surface area contributed by atoms with E-state index in [2.05, 4.69) is 10.3 Å². The molecule has 0 saturated heterocycles. The lowest BCUT2D eigenvalue weighted by Gasteiger charge is -2.29. The van der Waals surface area contributed by atoms with Crippen molar-refractivity contribution in [2.75, 3.05) is 25.6 Å². The number of anilines is 1. The number of alkyl halides is 3. The number of benzene rings is 2. The molecule has 0 saturated carbocycles. The van der Waals surface area contributed by atoms with E-state index in [0.29, 0.717) is 40.6 Å². The van der Waals surface area contributed by atoms with Gasteiger partial charge in [-0.3, -0.25) is 9.59 Å². The first-order chi connectivity index (χ1) is 17.6. The van der Waals surface area contributed by atoms with Crippen LogP contribution < -0.4 is 20.5 Å².